The predicted octanol–water partition coefficient (Wildman–Crippen LogP) is 10.7. The van der Waals surface area contributed by atoms with Crippen LogP contribution in [0.2, 0.25) is 0 Å². The second-order valence-corrected chi connectivity index (χ2v) is 12.4. The summed E-state index contributed by atoms with van der Waals surface area (Å²) >= 11 is 0. The van der Waals surface area contributed by atoms with Gasteiger partial charge in [-0.25, -0.2) is 0 Å². The highest BCUT2D eigenvalue weighted by molar-refractivity contribution is 5.77. The molecule has 38 heavy (non-hydrogen) atoms. The second-order valence-electron chi connectivity index (χ2n) is 12.4. The van der Waals surface area contributed by atoms with E-state index in [9.17, 15) is 9.59 Å². The predicted molar refractivity (Wildman–Crippen MR) is 162 cm³/mol. The van der Waals surface area contributed by atoms with E-state index in [0.29, 0.717) is 13.2 Å². The molecule has 0 N–H and O–H groups in total. The lowest BCUT2D eigenvalue weighted by molar-refractivity contribution is -0.150. The van der Waals surface area contributed by atoms with Crippen LogP contribution in [0.5, 0.6) is 0 Å². The van der Waals surface area contributed by atoms with Gasteiger partial charge in [0.15, 0.2) is 0 Å². The van der Waals surface area contributed by atoms with Gasteiger partial charge in [-0.05, 0) is 24.7 Å². The van der Waals surface area contributed by atoms with E-state index in [0.717, 1.165) is 37.5 Å². The Kier molecular flexibility index (Phi) is 28.1. The highest BCUT2D eigenvalue weighted by Gasteiger charge is 2.09. The van der Waals surface area contributed by atoms with Gasteiger partial charge in [0.2, 0.25) is 0 Å². The zero-order chi connectivity index (χ0) is 28.1. The van der Waals surface area contributed by atoms with E-state index in [1.54, 1.807) is 0 Å². The molecule has 0 spiro atoms. The fourth-order valence-electron chi connectivity index (χ4n) is 4.86. The summed E-state index contributed by atoms with van der Waals surface area (Å²) in [5.41, 5.74) is 0. The number of hydrogen-bond acceptors (Lipinski definition) is 4. The van der Waals surface area contributed by atoms with E-state index in [2.05, 4.69) is 27.7 Å². The van der Waals surface area contributed by atoms with Gasteiger partial charge in [0.25, 0.3) is 0 Å². The summed E-state index contributed by atoms with van der Waals surface area (Å²) in [6.45, 7) is 10.2. The Labute approximate surface area is 237 Å². The van der Waals surface area contributed by atoms with Gasteiger partial charge >= 0.3 is 11.9 Å². The molecule has 4 nitrogen and oxygen atoms in total. The van der Waals surface area contributed by atoms with Crippen LogP contribution in [0.15, 0.2) is 0 Å². The van der Waals surface area contributed by atoms with E-state index in [4.69, 9.17) is 9.47 Å². The molecule has 0 aliphatic rings. The summed E-state index contributed by atoms with van der Waals surface area (Å²) in [5, 5.41) is 0. The maximum absolute atomic E-state index is 11.8. The zero-order valence-corrected chi connectivity index (χ0v) is 26.2. The largest absolute Gasteiger partial charge is 0.466 e. The molecule has 0 aliphatic carbocycles. The van der Waals surface area contributed by atoms with Crippen LogP contribution in [0.3, 0.4) is 0 Å². The average Bonchev–Trinajstić information content (AvgIpc) is 2.87. The first-order chi connectivity index (χ1) is 18.4. The van der Waals surface area contributed by atoms with Gasteiger partial charge in [-0.1, -0.05) is 156 Å². The number of esters is 2. The molecular weight excluding hydrogens is 472 g/mol. The molecule has 0 aromatic rings. The lowest BCUT2D eigenvalue weighted by Gasteiger charge is -2.07. The zero-order valence-electron chi connectivity index (χ0n) is 26.2. The van der Waals surface area contributed by atoms with E-state index in [-0.39, 0.29) is 24.8 Å². The van der Waals surface area contributed by atoms with Crippen molar-refractivity contribution in [3.8, 4) is 0 Å². The maximum atomic E-state index is 11.8. The highest BCUT2D eigenvalue weighted by Crippen LogP contribution is 2.15. The Bertz CT molecular complexity index is 469. The molecule has 226 valence electrons. The molecule has 0 amide bonds. The van der Waals surface area contributed by atoms with Crippen LogP contribution in [0.25, 0.3) is 0 Å². The normalized spacial score (nSPS) is 11.4. The van der Waals surface area contributed by atoms with Crippen LogP contribution in [-0.2, 0) is 19.1 Å². The molecule has 4 heteroatoms. The summed E-state index contributed by atoms with van der Waals surface area (Å²) in [4.78, 5) is 23.7. The minimum atomic E-state index is -0.278. The highest BCUT2D eigenvalue weighted by atomic mass is 16.5. The SMILES string of the molecule is CC(C)CCCCCCCCCCCCOC(=O)CCC(=O)OCCCCCCCCCCCCC(C)C. The first kappa shape index (κ1) is 36.9. The minimum absolute atomic E-state index is 0.132. The fourth-order valence-corrected chi connectivity index (χ4v) is 4.86. The molecule has 0 atom stereocenters. The molecule has 0 unspecified atom stereocenters. The molecule has 0 aromatic heterocycles. The monoisotopic (exact) mass is 538 g/mol. The van der Waals surface area contributed by atoms with Crippen molar-refractivity contribution in [3.63, 3.8) is 0 Å². The van der Waals surface area contributed by atoms with Crippen molar-refractivity contribution in [2.24, 2.45) is 11.8 Å². The van der Waals surface area contributed by atoms with Crippen LogP contribution in [-0.4, -0.2) is 25.2 Å². The number of ether oxygens (including phenoxy) is 2. The van der Waals surface area contributed by atoms with Gasteiger partial charge in [-0.3, -0.25) is 9.59 Å². The Morgan fingerprint density at radius 1 is 0.395 bits per heavy atom. The number of unbranched alkanes of at least 4 members (excludes halogenated alkanes) is 18. The number of carbonyl (C=O) groups excluding carboxylic acids is 2. The third-order valence-electron chi connectivity index (χ3n) is 7.41. The lowest BCUT2D eigenvalue weighted by Crippen LogP contribution is -2.11. The quantitative estimate of drug-likeness (QED) is 0.0702. The van der Waals surface area contributed by atoms with Crippen molar-refractivity contribution in [2.75, 3.05) is 13.2 Å². The molecular formula is C34H66O4. The van der Waals surface area contributed by atoms with Crippen LogP contribution in [0, 0.1) is 11.8 Å². The van der Waals surface area contributed by atoms with E-state index >= 15 is 0 Å². The lowest BCUT2D eigenvalue weighted by atomic mass is 10.0. The molecule has 0 bridgehead atoms. The van der Waals surface area contributed by atoms with Gasteiger partial charge in [0.05, 0.1) is 26.1 Å². The van der Waals surface area contributed by atoms with Crippen molar-refractivity contribution in [1.82, 2.24) is 0 Å². The van der Waals surface area contributed by atoms with E-state index in [1.807, 2.05) is 0 Å². The second kappa shape index (κ2) is 28.9. The Hall–Kier alpha value is -1.06. The first-order valence-corrected chi connectivity index (χ1v) is 16.7. The fraction of sp³-hybridized carbons (Fsp3) is 0.941. The molecule has 0 heterocycles. The first-order valence-electron chi connectivity index (χ1n) is 16.7. The topological polar surface area (TPSA) is 52.6 Å². The summed E-state index contributed by atoms with van der Waals surface area (Å²) in [7, 11) is 0. The van der Waals surface area contributed by atoms with Crippen LogP contribution < -0.4 is 0 Å². The van der Waals surface area contributed by atoms with Crippen molar-refractivity contribution in [3.05, 3.63) is 0 Å². The third kappa shape index (κ3) is 31.2. The van der Waals surface area contributed by atoms with E-state index < -0.39 is 0 Å². The molecule has 0 aliphatic heterocycles. The van der Waals surface area contributed by atoms with Crippen molar-refractivity contribution in [1.29, 1.82) is 0 Å². The van der Waals surface area contributed by atoms with Crippen LogP contribution >= 0.6 is 0 Å². The molecule has 0 rings (SSSR count). The molecule has 0 fully saturated rings. The van der Waals surface area contributed by atoms with Gasteiger partial charge in [0, 0.05) is 0 Å². The maximum Gasteiger partial charge on any atom is 0.306 e. The van der Waals surface area contributed by atoms with Gasteiger partial charge < -0.3 is 9.47 Å². The van der Waals surface area contributed by atoms with Gasteiger partial charge in [0.1, 0.15) is 0 Å². The standard InChI is InChI=1S/C34H66O4/c1-31(2)25-21-17-13-9-5-7-11-15-19-23-29-37-33(35)27-28-34(36)38-30-24-20-16-12-8-6-10-14-18-22-26-32(3)4/h31-32H,5-30H2,1-4H3. The Balaban J connectivity index is 3.30. The summed E-state index contributed by atoms with van der Waals surface area (Å²) in [6, 6.07) is 0. The summed E-state index contributed by atoms with van der Waals surface area (Å²) in [5.74, 6) is 1.13. The van der Waals surface area contributed by atoms with Crippen LogP contribution in [0.4, 0.5) is 0 Å². The number of rotatable bonds is 29. The Morgan fingerprint density at radius 2 is 0.632 bits per heavy atom. The smallest absolute Gasteiger partial charge is 0.306 e. The van der Waals surface area contributed by atoms with Crippen molar-refractivity contribution < 1.29 is 19.1 Å². The van der Waals surface area contributed by atoms with E-state index in [1.165, 1.54) is 116 Å². The van der Waals surface area contributed by atoms with Gasteiger partial charge in [-0.2, -0.15) is 0 Å². The molecule has 0 saturated carbocycles. The molecule has 0 radical (unpaired) electrons. The van der Waals surface area contributed by atoms with Gasteiger partial charge in [-0.15, -0.1) is 0 Å². The minimum Gasteiger partial charge on any atom is -0.466 e. The molecule has 0 aromatic carbocycles. The van der Waals surface area contributed by atoms with Crippen LogP contribution in [0.1, 0.15) is 182 Å². The number of carbonyl (C=O) groups is 2. The third-order valence-corrected chi connectivity index (χ3v) is 7.41. The number of hydrogen-bond donors (Lipinski definition) is 0. The Morgan fingerprint density at radius 3 is 0.895 bits per heavy atom. The average molecular weight is 539 g/mol. The van der Waals surface area contributed by atoms with Crippen molar-refractivity contribution >= 4 is 11.9 Å². The van der Waals surface area contributed by atoms with Crippen molar-refractivity contribution in [2.45, 2.75) is 182 Å². The summed E-state index contributed by atoms with van der Waals surface area (Å²) < 4.78 is 10.5. The summed E-state index contributed by atoms with van der Waals surface area (Å²) in [6.07, 6.45) is 28.5. The molecule has 0 saturated heterocycles.